The lowest BCUT2D eigenvalue weighted by Crippen LogP contribution is -2.47. The van der Waals surface area contributed by atoms with E-state index in [2.05, 4.69) is 21.4 Å². The monoisotopic (exact) mass is 376 g/mol. The summed E-state index contributed by atoms with van der Waals surface area (Å²) in [6, 6.07) is 2.21. The average Bonchev–Trinajstić information content (AvgIpc) is 3.35. The zero-order valence-corrected chi connectivity index (χ0v) is 16.1. The van der Waals surface area contributed by atoms with Crippen molar-refractivity contribution in [2.24, 2.45) is 5.92 Å². The van der Waals surface area contributed by atoms with Crippen LogP contribution in [-0.4, -0.2) is 27.2 Å². The first-order chi connectivity index (χ1) is 11.8. The van der Waals surface area contributed by atoms with E-state index in [0.29, 0.717) is 17.0 Å². The Labute approximate surface area is 154 Å². The molecule has 2 aromatic heterocycles. The number of aromatic nitrogens is 2. The number of H-pyrrole nitrogens is 1. The molecule has 25 heavy (non-hydrogen) atoms. The second-order valence-electron chi connectivity index (χ2n) is 6.61. The molecule has 0 spiro atoms. The van der Waals surface area contributed by atoms with E-state index in [4.69, 9.17) is 0 Å². The number of fused-ring (bicyclic) bond motifs is 1. The van der Waals surface area contributed by atoms with Gasteiger partial charge in [-0.05, 0) is 45.1 Å². The first-order valence-electron chi connectivity index (χ1n) is 8.13. The molecule has 0 aliphatic heterocycles. The van der Waals surface area contributed by atoms with E-state index in [1.807, 2.05) is 13.8 Å². The molecule has 1 amide bonds. The highest BCUT2D eigenvalue weighted by Crippen LogP contribution is 2.39. The third-order valence-electron chi connectivity index (χ3n) is 4.59. The molecule has 0 unspecified atom stereocenters. The predicted octanol–water partition coefficient (Wildman–Crippen LogP) is 2.64. The fourth-order valence-electron chi connectivity index (χ4n) is 2.82. The highest BCUT2D eigenvalue weighted by atomic mass is 32.2. The van der Waals surface area contributed by atoms with Gasteiger partial charge in [0, 0.05) is 4.88 Å². The van der Waals surface area contributed by atoms with E-state index in [9.17, 15) is 14.9 Å². The molecular weight excluding hydrogens is 356 g/mol. The lowest BCUT2D eigenvalue weighted by Gasteiger charge is -2.22. The second kappa shape index (κ2) is 6.81. The van der Waals surface area contributed by atoms with E-state index < -0.39 is 5.54 Å². The quantitative estimate of drug-likeness (QED) is 0.807. The number of nitriles is 1. The van der Waals surface area contributed by atoms with Gasteiger partial charge < -0.3 is 10.3 Å². The van der Waals surface area contributed by atoms with Gasteiger partial charge in [0.1, 0.15) is 16.2 Å². The highest BCUT2D eigenvalue weighted by Gasteiger charge is 2.42. The maximum Gasteiger partial charge on any atom is 0.259 e. The van der Waals surface area contributed by atoms with Crippen LogP contribution < -0.4 is 10.9 Å². The van der Waals surface area contributed by atoms with E-state index in [1.165, 1.54) is 23.1 Å². The van der Waals surface area contributed by atoms with Crippen molar-refractivity contribution < 1.29 is 4.79 Å². The van der Waals surface area contributed by atoms with Crippen molar-refractivity contribution in [1.29, 1.82) is 5.26 Å². The molecule has 132 valence electrons. The van der Waals surface area contributed by atoms with Gasteiger partial charge in [-0.15, -0.1) is 23.1 Å². The smallest absolute Gasteiger partial charge is 0.259 e. The van der Waals surface area contributed by atoms with Crippen LogP contribution >= 0.6 is 23.1 Å². The Morgan fingerprint density at radius 2 is 2.24 bits per heavy atom. The van der Waals surface area contributed by atoms with Crippen molar-refractivity contribution in [3.63, 3.8) is 0 Å². The number of aromatic amines is 1. The molecular formula is C17H20N4O2S2. The van der Waals surface area contributed by atoms with Gasteiger partial charge in [-0.2, -0.15) is 5.26 Å². The molecule has 0 radical (unpaired) electrons. The third kappa shape index (κ3) is 3.72. The number of carbonyl (C=O) groups excluding carboxylic acids is 1. The minimum absolute atomic E-state index is 0.127. The minimum Gasteiger partial charge on any atom is -0.337 e. The molecule has 3 rings (SSSR count). The lowest BCUT2D eigenvalue weighted by atomic mass is 9.98. The van der Waals surface area contributed by atoms with Crippen LogP contribution in [0.2, 0.25) is 0 Å². The van der Waals surface area contributed by atoms with Crippen molar-refractivity contribution >= 4 is 39.2 Å². The molecule has 6 nitrogen and oxygen atoms in total. The van der Waals surface area contributed by atoms with E-state index in [-0.39, 0.29) is 23.1 Å². The Morgan fingerprint density at radius 3 is 2.88 bits per heavy atom. The Hall–Kier alpha value is -1.85. The molecule has 0 saturated heterocycles. The normalized spacial score (nSPS) is 16.4. The standard InChI is InChI=1S/C17H20N4O2S2/c1-9-10(2)25-16-14(9)15(23)19-12(20-16)6-24-7-13(22)21-17(3,8-18)11-4-5-11/h11H,4-7H2,1-3H3,(H,21,22)(H,19,20,23)/t17-/m1/s1. The number of rotatable bonds is 6. The van der Waals surface area contributed by atoms with Crippen LogP contribution in [0.15, 0.2) is 4.79 Å². The summed E-state index contributed by atoms with van der Waals surface area (Å²) in [6.07, 6.45) is 1.98. The molecule has 0 bridgehead atoms. The SMILES string of the molecule is Cc1sc2nc(CSCC(=O)N[C@](C)(C#N)C3CC3)[nH]c(=O)c2c1C. The molecule has 1 atom stereocenters. The predicted molar refractivity (Wildman–Crippen MR) is 101 cm³/mol. The first-order valence-corrected chi connectivity index (χ1v) is 10.1. The summed E-state index contributed by atoms with van der Waals surface area (Å²) in [6.45, 7) is 5.68. The molecule has 2 N–H and O–H groups in total. The molecule has 2 heterocycles. The van der Waals surface area contributed by atoms with Gasteiger partial charge in [-0.25, -0.2) is 4.98 Å². The zero-order valence-electron chi connectivity index (χ0n) is 14.4. The number of amides is 1. The molecule has 1 aliphatic carbocycles. The van der Waals surface area contributed by atoms with Crippen LogP contribution in [0.3, 0.4) is 0 Å². The van der Waals surface area contributed by atoms with Crippen molar-refractivity contribution in [2.75, 3.05) is 5.75 Å². The molecule has 2 aromatic rings. The Bertz CT molecular complexity index is 923. The van der Waals surface area contributed by atoms with Gasteiger partial charge in [0.15, 0.2) is 0 Å². The minimum atomic E-state index is -0.769. The van der Waals surface area contributed by atoms with Gasteiger partial charge in [-0.1, -0.05) is 0 Å². The molecule has 8 heteroatoms. The van der Waals surface area contributed by atoms with Crippen molar-refractivity contribution in [1.82, 2.24) is 15.3 Å². The number of nitrogens with zero attached hydrogens (tertiary/aromatic N) is 2. The maximum absolute atomic E-state index is 12.2. The topological polar surface area (TPSA) is 98.6 Å². The Kier molecular flexibility index (Phi) is 4.89. The van der Waals surface area contributed by atoms with E-state index in [1.54, 1.807) is 6.92 Å². The van der Waals surface area contributed by atoms with Gasteiger partial charge in [-0.3, -0.25) is 9.59 Å². The average molecular weight is 377 g/mol. The first kappa shape index (κ1) is 18.0. The van der Waals surface area contributed by atoms with Gasteiger partial charge in [0.25, 0.3) is 5.56 Å². The summed E-state index contributed by atoms with van der Waals surface area (Å²) in [5.41, 5.74) is 0.0793. The highest BCUT2D eigenvalue weighted by molar-refractivity contribution is 7.99. The van der Waals surface area contributed by atoms with Crippen LogP contribution in [0.5, 0.6) is 0 Å². The van der Waals surface area contributed by atoms with Gasteiger partial charge in [0.2, 0.25) is 5.91 Å². The largest absolute Gasteiger partial charge is 0.337 e. The summed E-state index contributed by atoms with van der Waals surface area (Å²) in [5, 5.41) is 12.8. The number of aryl methyl sites for hydroxylation is 2. The maximum atomic E-state index is 12.2. The van der Waals surface area contributed by atoms with Crippen LogP contribution in [-0.2, 0) is 10.5 Å². The lowest BCUT2D eigenvalue weighted by molar-refractivity contribution is -0.119. The fraction of sp³-hybridized carbons (Fsp3) is 0.529. The molecule has 1 saturated carbocycles. The Balaban J connectivity index is 1.61. The van der Waals surface area contributed by atoms with Crippen LogP contribution in [0.25, 0.3) is 10.2 Å². The number of carbonyl (C=O) groups is 1. The van der Waals surface area contributed by atoms with Gasteiger partial charge >= 0.3 is 0 Å². The van der Waals surface area contributed by atoms with Crippen molar-refractivity contribution in [3.8, 4) is 6.07 Å². The fourth-order valence-corrected chi connectivity index (χ4v) is 4.55. The number of hydrogen-bond acceptors (Lipinski definition) is 6. The molecule has 1 fully saturated rings. The van der Waals surface area contributed by atoms with Crippen molar-refractivity contribution in [2.45, 2.75) is 44.9 Å². The summed E-state index contributed by atoms with van der Waals surface area (Å²) < 4.78 is 0. The summed E-state index contributed by atoms with van der Waals surface area (Å²) >= 11 is 2.89. The summed E-state index contributed by atoms with van der Waals surface area (Å²) in [5.74, 6) is 1.35. The number of thiophene rings is 1. The second-order valence-corrected chi connectivity index (χ2v) is 8.79. The molecule has 0 aromatic carbocycles. The zero-order chi connectivity index (χ0) is 18.2. The van der Waals surface area contributed by atoms with Crippen LogP contribution in [0.1, 0.15) is 36.0 Å². The third-order valence-corrected chi connectivity index (χ3v) is 6.63. The number of nitrogens with one attached hydrogen (secondary N) is 2. The van der Waals surface area contributed by atoms with Crippen molar-refractivity contribution in [3.05, 3.63) is 26.6 Å². The van der Waals surface area contributed by atoms with Crippen LogP contribution in [0.4, 0.5) is 0 Å². The number of hydrogen-bond donors (Lipinski definition) is 2. The Morgan fingerprint density at radius 1 is 1.52 bits per heavy atom. The van der Waals surface area contributed by atoms with Crippen LogP contribution in [0, 0.1) is 31.1 Å². The van der Waals surface area contributed by atoms with E-state index in [0.717, 1.165) is 28.1 Å². The van der Waals surface area contributed by atoms with Gasteiger partial charge in [0.05, 0.1) is 23.0 Å². The summed E-state index contributed by atoms with van der Waals surface area (Å²) in [7, 11) is 0. The van der Waals surface area contributed by atoms with E-state index >= 15 is 0 Å². The molecule has 1 aliphatic rings. The number of thioether (sulfide) groups is 1. The summed E-state index contributed by atoms with van der Waals surface area (Å²) in [4.78, 5) is 33.5.